The van der Waals surface area contributed by atoms with E-state index in [0.717, 1.165) is 6.20 Å². The summed E-state index contributed by atoms with van der Waals surface area (Å²) in [4.78, 5) is 23.6. The molecular weight excluding hydrogens is 394 g/mol. The van der Waals surface area contributed by atoms with Gasteiger partial charge in [0.1, 0.15) is 6.61 Å². The van der Waals surface area contributed by atoms with Gasteiger partial charge in [0.25, 0.3) is 5.78 Å². The van der Waals surface area contributed by atoms with E-state index in [-0.39, 0.29) is 35.4 Å². The van der Waals surface area contributed by atoms with Crippen molar-refractivity contribution in [3.05, 3.63) is 65.6 Å². The number of fused-ring (bicyclic) bond motifs is 1. The zero-order valence-corrected chi connectivity index (χ0v) is 15.1. The topological polar surface area (TPSA) is 57.5 Å². The number of methoxy groups -OCH3 is 1. The number of carbonyl (C=O) groups excluding carboxylic acids is 2. The number of alkyl halides is 3. The van der Waals surface area contributed by atoms with Crippen LogP contribution in [0.5, 0.6) is 5.75 Å². The molecule has 3 rings (SSSR count). The predicted molar refractivity (Wildman–Crippen MR) is 95.6 cm³/mol. The van der Waals surface area contributed by atoms with Crippen molar-refractivity contribution in [2.75, 3.05) is 13.7 Å². The molecule has 0 radical (unpaired) electrons. The largest absolute Gasteiger partial charge is 0.489 e. The Labute approximate surface area is 162 Å². The minimum atomic E-state index is -5.05. The van der Waals surface area contributed by atoms with E-state index < -0.39 is 29.3 Å². The van der Waals surface area contributed by atoms with Crippen LogP contribution in [-0.2, 0) is 11.3 Å². The van der Waals surface area contributed by atoms with E-state index in [1.54, 1.807) is 6.07 Å². The van der Waals surface area contributed by atoms with Gasteiger partial charge >= 0.3 is 12.1 Å². The lowest BCUT2D eigenvalue weighted by atomic mass is 10.1. The number of ketones is 1. The minimum Gasteiger partial charge on any atom is -0.489 e. The quantitative estimate of drug-likeness (QED) is 0.344. The summed E-state index contributed by atoms with van der Waals surface area (Å²) < 4.78 is 63.8. The molecule has 0 unspecified atom stereocenters. The monoisotopic (exact) mass is 409 g/mol. The molecule has 0 saturated heterocycles. The molecule has 152 valence electrons. The predicted octanol–water partition coefficient (Wildman–Crippen LogP) is 4.39. The molecule has 1 heterocycles. The number of esters is 1. The van der Waals surface area contributed by atoms with Crippen LogP contribution in [0.4, 0.5) is 17.6 Å². The van der Waals surface area contributed by atoms with Crippen molar-refractivity contribution >= 4 is 22.7 Å². The summed E-state index contributed by atoms with van der Waals surface area (Å²) in [6.45, 7) is -0.0621. The Hall–Kier alpha value is -3.36. The van der Waals surface area contributed by atoms with Gasteiger partial charge in [-0.2, -0.15) is 13.2 Å². The average molecular weight is 409 g/mol. The molecular formula is C20H15F4NO4. The van der Waals surface area contributed by atoms with Crippen molar-refractivity contribution in [2.24, 2.45) is 0 Å². The first kappa shape index (κ1) is 20.4. The second-order valence-corrected chi connectivity index (χ2v) is 6.07. The zero-order chi connectivity index (χ0) is 21.2. The molecule has 0 N–H and O–H groups in total. The molecule has 0 aliphatic rings. The number of rotatable bonds is 6. The Balaban J connectivity index is 1.96. The van der Waals surface area contributed by atoms with Gasteiger partial charge in [0.15, 0.2) is 11.6 Å². The molecule has 5 nitrogen and oxygen atoms in total. The van der Waals surface area contributed by atoms with Gasteiger partial charge in [-0.1, -0.05) is 18.2 Å². The van der Waals surface area contributed by atoms with Crippen molar-refractivity contribution in [1.29, 1.82) is 0 Å². The third-order valence-corrected chi connectivity index (χ3v) is 4.23. The van der Waals surface area contributed by atoms with Crippen molar-refractivity contribution in [3.8, 4) is 5.75 Å². The number of Topliss-reactive ketones (excluding diaryl/α,β-unsaturated/α-hetero) is 1. The average Bonchev–Trinajstić information content (AvgIpc) is 3.05. The van der Waals surface area contributed by atoms with Gasteiger partial charge in [-0.15, -0.1) is 0 Å². The summed E-state index contributed by atoms with van der Waals surface area (Å²) in [5.41, 5.74) is -0.215. The van der Waals surface area contributed by atoms with Gasteiger partial charge < -0.3 is 14.0 Å². The van der Waals surface area contributed by atoms with Crippen LogP contribution in [0, 0.1) is 5.82 Å². The van der Waals surface area contributed by atoms with Gasteiger partial charge in [0, 0.05) is 17.1 Å². The highest BCUT2D eigenvalue weighted by atomic mass is 19.4. The lowest BCUT2D eigenvalue weighted by molar-refractivity contribution is -0.0884. The lowest BCUT2D eigenvalue weighted by Crippen LogP contribution is -2.22. The van der Waals surface area contributed by atoms with E-state index >= 15 is 0 Å². The highest BCUT2D eigenvalue weighted by Gasteiger charge is 2.40. The Morgan fingerprint density at radius 1 is 1.10 bits per heavy atom. The summed E-state index contributed by atoms with van der Waals surface area (Å²) >= 11 is 0. The van der Waals surface area contributed by atoms with Gasteiger partial charge in [0.05, 0.1) is 24.8 Å². The molecule has 0 aliphatic heterocycles. The van der Waals surface area contributed by atoms with Crippen LogP contribution in [0.1, 0.15) is 20.7 Å². The fourth-order valence-electron chi connectivity index (χ4n) is 2.87. The molecule has 0 fully saturated rings. The summed E-state index contributed by atoms with van der Waals surface area (Å²) in [6.07, 6.45) is -4.00. The smallest absolute Gasteiger partial charge is 0.454 e. The third kappa shape index (κ3) is 4.23. The van der Waals surface area contributed by atoms with Crippen molar-refractivity contribution in [1.82, 2.24) is 4.57 Å². The van der Waals surface area contributed by atoms with E-state index in [9.17, 15) is 27.2 Å². The highest BCUT2D eigenvalue weighted by Crippen LogP contribution is 2.29. The maximum Gasteiger partial charge on any atom is 0.454 e. The first-order valence-corrected chi connectivity index (χ1v) is 8.42. The number of benzene rings is 2. The van der Waals surface area contributed by atoms with Gasteiger partial charge in [-0.25, -0.2) is 9.18 Å². The van der Waals surface area contributed by atoms with Crippen molar-refractivity contribution < 1.29 is 36.6 Å². The van der Waals surface area contributed by atoms with E-state index in [1.807, 2.05) is 0 Å². The van der Waals surface area contributed by atoms with E-state index in [4.69, 9.17) is 4.74 Å². The number of para-hydroxylation sites is 1. The van der Waals surface area contributed by atoms with Crippen molar-refractivity contribution in [3.63, 3.8) is 0 Å². The molecule has 0 atom stereocenters. The number of aromatic nitrogens is 1. The van der Waals surface area contributed by atoms with Crippen LogP contribution in [-0.4, -0.2) is 36.2 Å². The molecule has 9 heteroatoms. The van der Waals surface area contributed by atoms with E-state index in [1.165, 1.54) is 48.1 Å². The molecule has 0 spiro atoms. The van der Waals surface area contributed by atoms with Crippen LogP contribution in [0.25, 0.3) is 10.9 Å². The number of hydrogen-bond donors (Lipinski definition) is 0. The summed E-state index contributed by atoms with van der Waals surface area (Å²) in [5.74, 6) is -3.26. The number of hydrogen-bond acceptors (Lipinski definition) is 4. The standard InChI is InChI=1S/C20H15F4NO4/c1-28-19(27)12-6-7-13-14(18(26)20(22,23)24)11-25(16(13)10-12)8-9-29-17-5-3-2-4-15(17)21/h2-7,10-11H,8-9H2,1H3. The summed E-state index contributed by atoms with van der Waals surface area (Å²) in [7, 11) is 1.17. The number of halogens is 4. The maximum absolute atomic E-state index is 13.6. The number of nitrogens with zero attached hydrogens (tertiary/aromatic N) is 1. The fraction of sp³-hybridized carbons (Fsp3) is 0.200. The Kier molecular flexibility index (Phi) is 5.58. The molecule has 0 bridgehead atoms. The van der Waals surface area contributed by atoms with Crippen LogP contribution in [0.2, 0.25) is 0 Å². The number of carbonyl (C=O) groups is 2. The second-order valence-electron chi connectivity index (χ2n) is 6.07. The fourth-order valence-corrected chi connectivity index (χ4v) is 2.87. The van der Waals surface area contributed by atoms with Gasteiger partial charge in [-0.3, -0.25) is 4.79 Å². The van der Waals surface area contributed by atoms with Crippen LogP contribution >= 0.6 is 0 Å². The van der Waals surface area contributed by atoms with Crippen LogP contribution in [0.15, 0.2) is 48.7 Å². The first-order valence-electron chi connectivity index (χ1n) is 8.42. The normalized spacial score (nSPS) is 11.5. The van der Waals surface area contributed by atoms with Crippen LogP contribution < -0.4 is 4.74 Å². The Morgan fingerprint density at radius 2 is 1.83 bits per heavy atom. The van der Waals surface area contributed by atoms with Gasteiger partial charge in [0.2, 0.25) is 0 Å². The van der Waals surface area contributed by atoms with Crippen LogP contribution in [0.3, 0.4) is 0 Å². The first-order chi connectivity index (χ1) is 13.7. The summed E-state index contributed by atoms with van der Waals surface area (Å²) in [6, 6.07) is 9.56. The molecule has 3 aromatic rings. The maximum atomic E-state index is 13.6. The van der Waals surface area contributed by atoms with Gasteiger partial charge in [-0.05, 0) is 24.3 Å². The second kappa shape index (κ2) is 7.94. The minimum absolute atomic E-state index is 0.00852. The van der Waals surface area contributed by atoms with Crippen molar-refractivity contribution in [2.45, 2.75) is 12.7 Å². The Bertz CT molecular complexity index is 1070. The summed E-state index contributed by atoms with van der Waals surface area (Å²) in [5, 5.41) is 0.0332. The number of ether oxygens (including phenoxy) is 2. The molecule has 29 heavy (non-hydrogen) atoms. The lowest BCUT2D eigenvalue weighted by Gasteiger charge is -2.09. The SMILES string of the molecule is COC(=O)c1ccc2c(C(=O)C(F)(F)F)cn(CCOc3ccccc3F)c2c1. The molecule has 0 amide bonds. The molecule has 0 saturated carbocycles. The highest BCUT2D eigenvalue weighted by molar-refractivity contribution is 6.11. The van der Waals surface area contributed by atoms with E-state index in [2.05, 4.69) is 4.74 Å². The molecule has 2 aromatic carbocycles. The zero-order valence-electron chi connectivity index (χ0n) is 15.1. The third-order valence-electron chi connectivity index (χ3n) is 4.23. The Morgan fingerprint density at radius 3 is 2.48 bits per heavy atom. The molecule has 1 aromatic heterocycles. The van der Waals surface area contributed by atoms with E-state index in [0.29, 0.717) is 0 Å². The molecule has 0 aliphatic carbocycles.